The second-order valence-electron chi connectivity index (χ2n) is 8.26. The molecule has 0 N–H and O–H groups in total. The normalized spacial score (nSPS) is 15.7. The van der Waals surface area contributed by atoms with Crippen molar-refractivity contribution in [3.8, 4) is 11.6 Å². The minimum Gasteiger partial charge on any atom is -0.438 e. The monoisotopic (exact) mass is 466 g/mol. The molecule has 0 spiro atoms. The van der Waals surface area contributed by atoms with E-state index in [1.54, 1.807) is 4.90 Å². The molecule has 3 heterocycles. The fourth-order valence-electron chi connectivity index (χ4n) is 4.11. The summed E-state index contributed by atoms with van der Waals surface area (Å²) in [5, 5.41) is 0. The first-order valence-corrected chi connectivity index (χ1v) is 11.2. The van der Waals surface area contributed by atoms with Gasteiger partial charge in [-0.05, 0) is 17.7 Å². The zero-order chi connectivity index (χ0) is 23.5. The van der Waals surface area contributed by atoms with E-state index in [1.165, 1.54) is 6.07 Å². The average Bonchev–Trinajstić information content (AvgIpc) is 2.87. The van der Waals surface area contributed by atoms with Crippen LogP contribution in [0.2, 0.25) is 0 Å². The molecular formula is C25H24F2N4O3. The predicted octanol–water partition coefficient (Wildman–Crippen LogP) is 3.51. The zero-order valence-electron chi connectivity index (χ0n) is 18.5. The summed E-state index contributed by atoms with van der Waals surface area (Å²) in [5.74, 6) is -1.09. The Kier molecular flexibility index (Phi) is 6.35. The number of rotatable bonds is 5. The molecule has 0 atom stereocenters. The third-order valence-corrected chi connectivity index (χ3v) is 5.96. The summed E-state index contributed by atoms with van der Waals surface area (Å²) in [6, 6.07) is 12.9. The van der Waals surface area contributed by atoms with Crippen LogP contribution < -0.4 is 9.64 Å². The minimum absolute atomic E-state index is 0.00659. The van der Waals surface area contributed by atoms with Crippen molar-refractivity contribution in [2.75, 3.05) is 37.7 Å². The van der Waals surface area contributed by atoms with E-state index in [2.05, 4.69) is 4.98 Å². The molecule has 7 nitrogen and oxygen atoms in total. The zero-order valence-corrected chi connectivity index (χ0v) is 18.5. The third kappa shape index (κ3) is 4.84. The van der Waals surface area contributed by atoms with Crippen LogP contribution in [0.3, 0.4) is 0 Å². The molecule has 2 aliphatic heterocycles. The Balaban J connectivity index is 1.44. The highest BCUT2D eigenvalue weighted by molar-refractivity contribution is 5.79. The van der Waals surface area contributed by atoms with E-state index in [0.717, 1.165) is 23.4 Å². The van der Waals surface area contributed by atoms with Gasteiger partial charge in [-0.1, -0.05) is 30.3 Å². The van der Waals surface area contributed by atoms with Crippen LogP contribution in [0.4, 0.5) is 14.7 Å². The predicted molar refractivity (Wildman–Crippen MR) is 121 cm³/mol. The molecule has 34 heavy (non-hydrogen) atoms. The lowest BCUT2D eigenvalue weighted by Crippen LogP contribution is -2.40. The van der Waals surface area contributed by atoms with Gasteiger partial charge in [0.05, 0.1) is 37.4 Å². The van der Waals surface area contributed by atoms with Crippen LogP contribution >= 0.6 is 0 Å². The number of aromatic nitrogens is 2. The van der Waals surface area contributed by atoms with E-state index in [4.69, 9.17) is 14.5 Å². The number of ether oxygens (including phenoxy) is 2. The molecular weight excluding hydrogens is 442 g/mol. The number of halogens is 2. The van der Waals surface area contributed by atoms with E-state index in [1.807, 2.05) is 35.2 Å². The van der Waals surface area contributed by atoms with Crippen LogP contribution in [0, 0.1) is 11.6 Å². The molecule has 9 heteroatoms. The van der Waals surface area contributed by atoms with Gasteiger partial charge in [0.1, 0.15) is 5.75 Å². The first kappa shape index (κ1) is 22.2. The maximum absolute atomic E-state index is 13.8. The van der Waals surface area contributed by atoms with Gasteiger partial charge in [0.15, 0.2) is 11.6 Å². The Morgan fingerprint density at radius 2 is 1.79 bits per heavy atom. The summed E-state index contributed by atoms with van der Waals surface area (Å²) in [6.45, 7) is 3.24. The number of hydrogen-bond donors (Lipinski definition) is 0. The fraction of sp³-hybridized carbons (Fsp3) is 0.320. The Hall–Kier alpha value is -3.59. The number of anilines is 1. The smallest absolute Gasteiger partial charge is 0.229 e. The molecule has 1 amide bonds. The number of carbonyl (C=O) groups excluding carboxylic acids is 1. The van der Waals surface area contributed by atoms with Crippen molar-refractivity contribution in [2.45, 2.75) is 19.4 Å². The van der Waals surface area contributed by atoms with Gasteiger partial charge < -0.3 is 19.3 Å². The van der Waals surface area contributed by atoms with Gasteiger partial charge >= 0.3 is 0 Å². The standard InChI is InChI=1S/C25H24F2N4O3/c26-20-7-6-18(15-21(20)27)34-24-19-16-31(23(32)14-17-4-2-1-3-5-17)9-8-22(19)28-25(29-24)30-10-12-33-13-11-30/h1-7,15H,8-14,16H2. The number of carbonyl (C=O) groups is 1. The minimum atomic E-state index is -1.01. The Bertz CT molecular complexity index is 1190. The number of hydrogen-bond acceptors (Lipinski definition) is 6. The summed E-state index contributed by atoms with van der Waals surface area (Å²) in [5.41, 5.74) is 2.41. The van der Waals surface area contributed by atoms with Crippen molar-refractivity contribution in [2.24, 2.45) is 0 Å². The molecule has 176 valence electrons. The van der Waals surface area contributed by atoms with E-state index in [-0.39, 0.29) is 24.1 Å². The summed E-state index contributed by atoms with van der Waals surface area (Å²) in [6.07, 6.45) is 0.839. The quantitative estimate of drug-likeness (QED) is 0.573. The maximum Gasteiger partial charge on any atom is 0.229 e. The van der Waals surface area contributed by atoms with E-state index in [0.29, 0.717) is 57.2 Å². The molecule has 0 aliphatic carbocycles. The third-order valence-electron chi connectivity index (χ3n) is 5.96. The molecule has 3 aromatic rings. The number of amides is 1. The van der Waals surface area contributed by atoms with Gasteiger partial charge in [-0.3, -0.25) is 4.79 Å². The summed E-state index contributed by atoms with van der Waals surface area (Å²) in [7, 11) is 0. The molecule has 0 bridgehead atoms. The Morgan fingerprint density at radius 3 is 2.56 bits per heavy atom. The highest BCUT2D eigenvalue weighted by atomic mass is 19.2. The number of morpholine rings is 1. The van der Waals surface area contributed by atoms with Gasteiger partial charge in [-0.25, -0.2) is 13.8 Å². The van der Waals surface area contributed by atoms with Crippen LogP contribution in [0.25, 0.3) is 0 Å². The van der Waals surface area contributed by atoms with Gasteiger partial charge in [0.2, 0.25) is 17.7 Å². The molecule has 0 radical (unpaired) electrons. The summed E-state index contributed by atoms with van der Waals surface area (Å²) in [4.78, 5) is 26.1. The number of fused-ring (bicyclic) bond motifs is 1. The Labute approximate surface area is 195 Å². The van der Waals surface area contributed by atoms with Crippen molar-refractivity contribution >= 4 is 11.9 Å². The average molecular weight is 466 g/mol. The summed E-state index contributed by atoms with van der Waals surface area (Å²) >= 11 is 0. The largest absolute Gasteiger partial charge is 0.438 e. The highest BCUT2D eigenvalue weighted by Gasteiger charge is 2.28. The second kappa shape index (κ2) is 9.72. The van der Waals surface area contributed by atoms with Crippen molar-refractivity contribution in [1.29, 1.82) is 0 Å². The molecule has 2 aliphatic rings. The molecule has 2 aromatic carbocycles. The maximum atomic E-state index is 13.8. The molecule has 1 fully saturated rings. The van der Waals surface area contributed by atoms with Gasteiger partial charge in [-0.15, -0.1) is 0 Å². The second-order valence-corrected chi connectivity index (χ2v) is 8.26. The van der Waals surface area contributed by atoms with Gasteiger partial charge in [0.25, 0.3) is 0 Å². The van der Waals surface area contributed by atoms with Crippen LogP contribution in [0.1, 0.15) is 16.8 Å². The van der Waals surface area contributed by atoms with E-state index >= 15 is 0 Å². The number of nitrogens with zero attached hydrogens (tertiary/aromatic N) is 4. The van der Waals surface area contributed by atoms with Crippen molar-refractivity contribution in [3.63, 3.8) is 0 Å². The molecule has 0 unspecified atom stereocenters. The first-order valence-electron chi connectivity index (χ1n) is 11.2. The van der Waals surface area contributed by atoms with Crippen LogP contribution in [0.15, 0.2) is 48.5 Å². The van der Waals surface area contributed by atoms with Gasteiger partial charge in [0, 0.05) is 32.1 Å². The number of benzene rings is 2. The fourth-order valence-corrected chi connectivity index (χ4v) is 4.11. The summed E-state index contributed by atoms with van der Waals surface area (Å²) < 4.78 is 38.6. The first-order chi connectivity index (χ1) is 16.6. The lowest BCUT2D eigenvalue weighted by atomic mass is 10.0. The Morgan fingerprint density at radius 1 is 1.00 bits per heavy atom. The molecule has 0 saturated carbocycles. The van der Waals surface area contributed by atoms with E-state index < -0.39 is 11.6 Å². The molecule has 1 saturated heterocycles. The molecule has 1 aromatic heterocycles. The van der Waals surface area contributed by atoms with Crippen molar-refractivity contribution in [1.82, 2.24) is 14.9 Å². The van der Waals surface area contributed by atoms with Crippen LogP contribution in [-0.2, 0) is 28.9 Å². The lowest BCUT2D eigenvalue weighted by molar-refractivity contribution is -0.131. The van der Waals surface area contributed by atoms with Crippen molar-refractivity contribution in [3.05, 3.63) is 77.0 Å². The molecule has 5 rings (SSSR count). The topological polar surface area (TPSA) is 67.8 Å². The van der Waals surface area contributed by atoms with Crippen LogP contribution in [-0.4, -0.2) is 53.6 Å². The van der Waals surface area contributed by atoms with Gasteiger partial charge in [-0.2, -0.15) is 4.98 Å². The SMILES string of the molecule is O=C(Cc1ccccc1)N1CCc2nc(N3CCOCC3)nc(Oc3ccc(F)c(F)c3)c2C1. The van der Waals surface area contributed by atoms with Crippen LogP contribution in [0.5, 0.6) is 11.6 Å². The van der Waals surface area contributed by atoms with E-state index in [9.17, 15) is 13.6 Å². The highest BCUT2D eigenvalue weighted by Crippen LogP contribution is 2.32. The lowest BCUT2D eigenvalue weighted by Gasteiger charge is -2.32. The van der Waals surface area contributed by atoms with Crippen molar-refractivity contribution < 1.29 is 23.0 Å².